The third kappa shape index (κ3) is 3.42. The Kier molecular flexibility index (Phi) is 4.85. The first-order valence-electron chi connectivity index (χ1n) is 6.39. The van der Waals surface area contributed by atoms with Gasteiger partial charge >= 0.3 is 0 Å². The van der Waals surface area contributed by atoms with Gasteiger partial charge in [0.25, 0.3) is 0 Å². The highest BCUT2D eigenvalue weighted by Gasteiger charge is 2.15. The lowest BCUT2D eigenvalue weighted by Gasteiger charge is -2.09. The Balaban J connectivity index is 1.87. The van der Waals surface area contributed by atoms with E-state index in [0.29, 0.717) is 0 Å². The van der Waals surface area contributed by atoms with Gasteiger partial charge in [-0.25, -0.2) is 0 Å². The van der Waals surface area contributed by atoms with E-state index < -0.39 is 0 Å². The van der Waals surface area contributed by atoms with Crippen molar-refractivity contribution in [1.82, 2.24) is 0 Å². The van der Waals surface area contributed by atoms with Gasteiger partial charge in [0.15, 0.2) is 0 Å². The Morgan fingerprint density at radius 1 is 0.857 bits per heavy atom. The lowest BCUT2D eigenvalue weighted by molar-refractivity contribution is 1.18. The normalized spacial score (nSPS) is 12.3. The van der Waals surface area contributed by atoms with Crippen molar-refractivity contribution in [3.8, 4) is 11.1 Å². The Hall–Kier alpha value is -0.610. The molecule has 4 heteroatoms. The second-order valence-corrected chi connectivity index (χ2v) is 8.31. The van der Waals surface area contributed by atoms with Crippen molar-refractivity contribution in [1.29, 1.82) is 0 Å². The van der Waals surface area contributed by atoms with Gasteiger partial charge in [-0.15, -0.1) is 22.9 Å². The largest absolute Gasteiger partial charge is 0.130 e. The Labute approximate surface area is 150 Å². The molecular formula is C17H11Br2ClS. The predicted molar refractivity (Wildman–Crippen MR) is 99.3 cm³/mol. The second-order valence-electron chi connectivity index (χ2n) is 4.62. The van der Waals surface area contributed by atoms with Gasteiger partial charge in [-0.1, -0.05) is 54.6 Å². The highest BCUT2D eigenvalue weighted by Crippen LogP contribution is 2.40. The summed E-state index contributed by atoms with van der Waals surface area (Å²) in [6, 6.07) is 20.9. The van der Waals surface area contributed by atoms with Crippen molar-refractivity contribution in [2.24, 2.45) is 0 Å². The number of thiophene rings is 1. The molecular weight excluding hydrogens is 432 g/mol. The minimum absolute atomic E-state index is 0.123. The van der Waals surface area contributed by atoms with Crippen molar-refractivity contribution in [2.45, 2.75) is 5.38 Å². The SMILES string of the molecule is ClC(c1ccc(-c2ccccc2)cc1)c1cc(Br)c(Br)s1. The van der Waals surface area contributed by atoms with Crippen LogP contribution in [0.25, 0.3) is 11.1 Å². The summed E-state index contributed by atoms with van der Waals surface area (Å²) in [7, 11) is 0. The maximum absolute atomic E-state index is 6.58. The molecule has 0 fully saturated rings. The van der Waals surface area contributed by atoms with E-state index in [1.807, 2.05) is 18.2 Å². The molecule has 0 aliphatic heterocycles. The molecule has 0 spiro atoms. The maximum Gasteiger partial charge on any atom is 0.0928 e. The minimum atomic E-state index is -0.123. The first-order valence-corrected chi connectivity index (χ1v) is 9.23. The van der Waals surface area contributed by atoms with Gasteiger partial charge in [-0.05, 0) is 54.6 Å². The standard InChI is InChI=1S/C17H11Br2ClS/c18-14-10-15(21-17(14)19)16(20)13-8-6-12(7-9-13)11-4-2-1-3-5-11/h1-10,16H. The molecule has 21 heavy (non-hydrogen) atoms. The molecule has 0 amide bonds. The van der Waals surface area contributed by atoms with Crippen LogP contribution in [0.1, 0.15) is 15.8 Å². The highest BCUT2D eigenvalue weighted by atomic mass is 79.9. The van der Waals surface area contributed by atoms with Gasteiger partial charge < -0.3 is 0 Å². The fraction of sp³-hybridized carbons (Fsp3) is 0.0588. The lowest BCUT2D eigenvalue weighted by atomic mass is 10.0. The van der Waals surface area contributed by atoms with Crippen LogP contribution in [0.3, 0.4) is 0 Å². The van der Waals surface area contributed by atoms with Crippen LogP contribution in [0.4, 0.5) is 0 Å². The third-order valence-corrected chi connectivity index (χ3v) is 7.16. The van der Waals surface area contributed by atoms with E-state index in [0.717, 1.165) is 18.7 Å². The van der Waals surface area contributed by atoms with Gasteiger partial charge in [0, 0.05) is 9.35 Å². The summed E-state index contributed by atoms with van der Waals surface area (Å²) in [4.78, 5) is 1.13. The maximum atomic E-state index is 6.58. The minimum Gasteiger partial charge on any atom is -0.130 e. The highest BCUT2D eigenvalue weighted by molar-refractivity contribution is 9.13. The smallest absolute Gasteiger partial charge is 0.0928 e. The topological polar surface area (TPSA) is 0 Å². The summed E-state index contributed by atoms with van der Waals surface area (Å²) in [5, 5.41) is -0.123. The molecule has 1 heterocycles. The second kappa shape index (κ2) is 6.66. The van der Waals surface area contributed by atoms with Gasteiger partial charge in [0.2, 0.25) is 0 Å². The number of hydrogen-bond donors (Lipinski definition) is 0. The molecule has 0 saturated heterocycles. The lowest BCUT2D eigenvalue weighted by Crippen LogP contribution is -1.90. The molecule has 0 nitrogen and oxygen atoms in total. The third-order valence-electron chi connectivity index (χ3n) is 3.22. The summed E-state index contributed by atoms with van der Waals surface area (Å²) in [5.74, 6) is 0. The van der Waals surface area contributed by atoms with E-state index in [9.17, 15) is 0 Å². The number of rotatable bonds is 3. The number of alkyl halides is 1. The van der Waals surface area contributed by atoms with Crippen molar-refractivity contribution in [3.05, 3.63) is 79.4 Å². The summed E-state index contributed by atoms with van der Waals surface area (Å²) < 4.78 is 2.12. The van der Waals surface area contributed by atoms with Gasteiger partial charge in [-0.2, -0.15) is 0 Å². The van der Waals surface area contributed by atoms with E-state index in [4.69, 9.17) is 11.6 Å². The predicted octanol–water partition coefficient (Wildman–Crippen LogP) is 7.27. The Bertz CT molecular complexity index is 716. The monoisotopic (exact) mass is 440 g/mol. The number of hydrogen-bond acceptors (Lipinski definition) is 1. The first-order chi connectivity index (χ1) is 10.1. The van der Waals surface area contributed by atoms with E-state index in [1.54, 1.807) is 11.3 Å². The molecule has 0 aliphatic carbocycles. The van der Waals surface area contributed by atoms with E-state index in [1.165, 1.54) is 11.1 Å². The fourth-order valence-corrected chi connectivity index (χ4v) is 4.57. The van der Waals surface area contributed by atoms with Crippen LogP contribution in [-0.2, 0) is 0 Å². The Morgan fingerprint density at radius 2 is 1.48 bits per heavy atom. The first kappa shape index (κ1) is 15.3. The van der Waals surface area contributed by atoms with Crippen LogP contribution in [-0.4, -0.2) is 0 Å². The molecule has 1 unspecified atom stereocenters. The van der Waals surface area contributed by atoms with Gasteiger partial charge in [0.05, 0.1) is 9.16 Å². The Morgan fingerprint density at radius 3 is 2.05 bits per heavy atom. The zero-order valence-electron chi connectivity index (χ0n) is 10.9. The van der Waals surface area contributed by atoms with Crippen LogP contribution in [0.15, 0.2) is 68.9 Å². The zero-order chi connectivity index (χ0) is 14.8. The molecule has 0 bridgehead atoms. The van der Waals surface area contributed by atoms with Crippen LogP contribution in [0, 0.1) is 0 Å². The molecule has 0 saturated carbocycles. The summed E-state index contributed by atoms with van der Waals surface area (Å²) >= 11 is 15.3. The molecule has 0 N–H and O–H groups in total. The van der Waals surface area contributed by atoms with Crippen molar-refractivity contribution < 1.29 is 0 Å². The average molecular weight is 443 g/mol. The quantitative estimate of drug-likeness (QED) is 0.374. The summed E-state index contributed by atoms with van der Waals surface area (Å²) in [6.45, 7) is 0. The number of benzene rings is 2. The molecule has 1 atom stereocenters. The molecule has 0 radical (unpaired) electrons. The van der Waals surface area contributed by atoms with Crippen LogP contribution < -0.4 is 0 Å². The molecule has 106 valence electrons. The van der Waals surface area contributed by atoms with Crippen LogP contribution >= 0.6 is 54.8 Å². The molecule has 2 aromatic carbocycles. The number of halogens is 3. The van der Waals surface area contributed by atoms with Gasteiger partial charge in [-0.3, -0.25) is 0 Å². The molecule has 1 aromatic heterocycles. The van der Waals surface area contributed by atoms with E-state index in [-0.39, 0.29) is 5.38 Å². The fourth-order valence-electron chi connectivity index (χ4n) is 2.13. The van der Waals surface area contributed by atoms with Crippen molar-refractivity contribution >= 4 is 54.8 Å². The van der Waals surface area contributed by atoms with Crippen molar-refractivity contribution in [3.63, 3.8) is 0 Å². The summed E-state index contributed by atoms with van der Waals surface area (Å²) in [5.41, 5.74) is 3.53. The van der Waals surface area contributed by atoms with Crippen molar-refractivity contribution in [2.75, 3.05) is 0 Å². The van der Waals surface area contributed by atoms with E-state index in [2.05, 4.69) is 74.3 Å². The molecule has 0 aliphatic rings. The average Bonchev–Trinajstić information content (AvgIpc) is 2.87. The summed E-state index contributed by atoms with van der Waals surface area (Å²) in [6.07, 6.45) is 0. The zero-order valence-corrected chi connectivity index (χ0v) is 15.6. The van der Waals surface area contributed by atoms with Crippen LogP contribution in [0.5, 0.6) is 0 Å². The van der Waals surface area contributed by atoms with Gasteiger partial charge in [0.1, 0.15) is 0 Å². The molecule has 3 rings (SSSR count). The van der Waals surface area contributed by atoms with Crippen LogP contribution in [0.2, 0.25) is 0 Å². The molecule has 3 aromatic rings. The van der Waals surface area contributed by atoms with E-state index >= 15 is 0 Å².